The van der Waals surface area contributed by atoms with Crippen molar-refractivity contribution in [1.82, 2.24) is 15.5 Å². The van der Waals surface area contributed by atoms with Gasteiger partial charge in [-0.3, -0.25) is 4.79 Å². The summed E-state index contributed by atoms with van der Waals surface area (Å²) in [6.45, 7) is 0.696. The van der Waals surface area contributed by atoms with Crippen LogP contribution >= 0.6 is 0 Å². The lowest BCUT2D eigenvalue weighted by Gasteiger charge is -2.06. The fraction of sp³-hybridized carbons (Fsp3) is 0.500. The third-order valence-electron chi connectivity index (χ3n) is 1.42. The van der Waals surface area contributed by atoms with Gasteiger partial charge < -0.3 is 21.3 Å². The zero-order valence-corrected chi connectivity index (χ0v) is 6.93. The number of carbonyl (C=O) groups excluding carboxylic acids is 1. The van der Waals surface area contributed by atoms with Crippen LogP contribution in [0.25, 0.3) is 0 Å². The average molecular weight is 185 g/mol. The molecule has 0 aromatic carbocycles. The molecule has 1 atom stereocenters. The van der Waals surface area contributed by atoms with Crippen molar-refractivity contribution in [3.8, 4) is 0 Å². The summed E-state index contributed by atoms with van der Waals surface area (Å²) in [6.07, 6.45) is 1.23. The lowest BCUT2D eigenvalue weighted by atomic mass is 10.3. The zero-order chi connectivity index (χ0) is 9.68. The number of hydrogen-bond donors (Lipinski definition) is 3. The van der Waals surface area contributed by atoms with Gasteiger partial charge >= 0.3 is 0 Å². The maximum Gasteiger partial charge on any atom is 0.235 e. The molecule has 0 aliphatic rings. The van der Waals surface area contributed by atoms with Crippen LogP contribution in [0.15, 0.2) is 10.9 Å². The van der Waals surface area contributed by atoms with E-state index in [1.807, 2.05) is 0 Å². The average Bonchev–Trinajstić information content (AvgIpc) is 2.56. The van der Waals surface area contributed by atoms with Gasteiger partial charge in [0.05, 0.1) is 12.6 Å². The van der Waals surface area contributed by atoms with Crippen LogP contribution in [0.5, 0.6) is 0 Å². The molecular formula is C6H11N5O2. The number of nitrogens with one attached hydrogen (secondary N) is 1. The molecule has 13 heavy (non-hydrogen) atoms. The van der Waals surface area contributed by atoms with Gasteiger partial charge in [0.1, 0.15) is 0 Å². The third kappa shape index (κ3) is 3.18. The van der Waals surface area contributed by atoms with Crippen molar-refractivity contribution in [2.24, 2.45) is 11.5 Å². The van der Waals surface area contributed by atoms with Crippen LogP contribution in [0.3, 0.4) is 0 Å². The van der Waals surface area contributed by atoms with Gasteiger partial charge in [-0.15, -0.1) is 0 Å². The molecular weight excluding hydrogens is 174 g/mol. The number of rotatable bonds is 5. The first-order valence-electron chi connectivity index (χ1n) is 3.71. The van der Waals surface area contributed by atoms with E-state index in [2.05, 4.69) is 20.0 Å². The molecule has 0 bridgehead atoms. The van der Waals surface area contributed by atoms with Gasteiger partial charge in [0.25, 0.3) is 0 Å². The fourth-order valence-electron chi connectivity index (χ4n) is 0.710. The molecule has 1 amide bonds. The van der Waals surface area contributed by atoms with Gasteiger partial charge in [-0.25, -0.2) is 0 Å². The third-order valence-corrected chi connectivity index (χ3v) is 1.42. The Balaban J connectivity index is 2.18. The molecule has 5 N–H and O–H groups in total. The van der Waals surface area contributed by atoms with Gasteiger partial charge in [-0.2, -0.15) is 4.98 Å². The first-order chi connectivity index (χ1) is 6.20. The molecule has 72 valence electrons. The normalized spacial score (nSPS) is 12.7. The topological polar surface area (TPSA) is 120 Å². The number of hydrogen-bond acceptors (Lipinski definition) is 6. The summed E-state index contributed by atoms with van der Waals surface area (Å²) in [5, 5.41) is 6.41. The minimum atomic E-state index is -0.688. The Morgan fingerprint density at radius 2 is 2.54 bits per heavy atom. The maximum atomic E-state index is 10.5. The molecule has 1 unspecified atom stereocenters. The molecule has 7 nitrogen and oxygen atoms in total. The monoisotopic (exact) mass is 185 g/mol. The number of amides is 1. The van der Waals surface area contributed by atoms with Crippen molar-refractivity contribution in [3.63, 3.8) is 0 Å². The first kappa shape index (κ1) is 9.62. The lowest BCUT2D eigenvalue weighted by molar-refractivity contribution is -0.119. The SMILES string of the molecule is NC(=O)C(N)CNCc1ncon1. The second-order valence-corrected chi connectivity index (χ2v) is 2.49. The van der Waals surface area contributed by atoms with Crippen molar-refractivity contribution in [2.45, 2.75) is 12.6 Å². The molecule has 1 rings (SSSR count). The van der Waals surface area contributed by atoms with E-state index in [-0.39, 0.29) is 0 Å². The van der Waals surface area contributed by atoms with E-state index in [4.69, 9.17) is 11.5 Å². The van der Waals surface area contributed by atoms with E-state index in [1.54, 1.807) is 0 Å². The van der Waals surface area contributed by atoms with E-state index in [0.29, 0.717) is 18.9 Å². The van der Waals surface area contributed by atoms with Gasteiger partial charge in [0.15, 0.2) is 5.82 Å². The van der Waals surface area contributed by atoms with Crippen LogP contribution in [0, 0.1) is 0 Å². The molecule has 0 radical (unpaired) electrons. The van der Waals surface area contributed by atoms with Crippen LogP contribution < -0.4 is 16.8 Å². The summed E-state index contributed by atoms with van der Waals surface area (Å²) < 4.78 is 4.50. The molecule has 0 fully saturated rings. The number of nitrogens with zero attached hydrogens (tertiary/aromatic N) is 2. The fourth-order valence-corrected chi connectivity index (χ4v) is 0.710. The smallest absolute Gasteiger partial charge is 0.235 e. The molecule has 0 saturated carbocycles. The largest absolute Gasteiger partial charge is 0.368 e. The predicted octanol–water partition coefficient (Wildman–Crippen LogP) is -2.03. The second kappa shape index (κ2) is 4.53. The van der Waals surface area contributed by atoms with Crippen molar-refractivity contribution < 1.29 is 9.32 Å². The summed E-state index contributed by atoms with van der Waals surface area (Å²) in [6, 6.07) is -0.688. The molecule has 1 aromatic rings. The summed E-state index contributed by atoms with van der Waals surface area (Å²) in [7, 11) is 0. The van der Waals surface area contributed by atoms with Crippen molar-refractivity contribution in [2.75, 3.05) is 6.54 Å². The van der Waals surface area contributed by atoms with Crippen LogP contribution in [0.2, 0.25) is 0 Å². The molecule has 1 aromatic heterocycles. The Morgan fingerprint density at radius 1 is 1.77 bits per heavy atom. The zero-order valence-electron chi connectivity index (χ0n) is 6.93. The Morgan fingerprint density at radius 3 is 3.08 bits per heavy atom. The van der Waals surface area contributed by atoms with E-state index < -0.39 is 11.9 Å². The second-order valence-electron chi connectivity index (χ2n) is 2.49. The van der Waals surface area contributed by atoms with Gasteiger partial charge in [-0.05, 0) is 0 Å². The highest BCUT2D eigenvalue weighted by atomic mass is 16.5. The summed E-state index contributed by atoms with van der Waals surface area (Å²) in [4.78, 5) is 14.3. The molecule has 0 aliphatic heterocycles. The van der Waals surface area contributed by atoms with Crippen LogP contribution in [-0.4, -0.2) is 28.6 Å². The Bertz CT molecular complexity index is 260. The van der Waals surface area contributed by atoms with E-state index >= 15 is 0 Å². The maximum absolute atomic E-state index is 10.5. The Kier molecular flexibility index (Phi) is 3.35. The van der Waals surface area contributed by atoms with Crippen LogP contribution in [0.1, 0.15) is 5.82 Å². The van der Waals surface area contributed by atoms with Gasteiger partial charge in [0.2, 0.25) is 12.3 Å². The number of primary amides is 1. The highest BCUT2D eigenvalue weighted by Crippen LogP contribution is 1.86. The number of nitrogens with two attached hydrogens (primary N) is 2. The summed E-state index contributed by atoms with van der Waals surface area (Å²) >= 11 is 0. The highest BCUT2D eigenvalue weighted by molar-refractivity contribution is 5.79. The van der Waals surface area contributed by atoms with Gasteiger partial charge in [0, 0.05) is 6.54 Å². The lowest BCUT2D eigenvalue weighted by Crippen LogP contribution is -2.44. The van der Waals surface area contributed by atoms with Crippen molar-refractivity contribution in [1.29, 1.82) is 0 Å². The molecule has 1 heterocycles. The minimum absolute atomic E-state index is 0.296. The van der Waals surface area contributed by atoms with E-state index in [0.717, 1.165) is 0 Å². The summed E-state index contributed by atoms with van der Waals surface area (Å²) in [5.41, 5.74) is 10.3. The number of carbonyl (C=O) groups is 1. The Hall–Kier alpha value is -1.47. The molecule has 0 aliphatic carbocycles. The van der Waals surface area contributed by atoms with E-state index in [9.17, 15) is 4.79 Å². The standard InChI is InChI=1S/C6H11N5O2/c7-4(6(8)12)1-9-2-5-10-3-13-11-5/h3-4,9H,1-2,7H2,(H2,8,12). The molecule has 7 heteroatoms. The quantitative estimate of drug-likeness (QED) is 0.486. The van der Waals surface area contributed by atoms with Crippen LogP contribution in [-0.2, 0) is 11.3 Å². The van der Waals surface area contributed by atoms with Gasteiger partial charge in [-0.1, -0.05) is 5.16 Å². The summed E-state index contributed by atoms with van der Waals surface area (Å²) in [5.74, 6) is -0.0303. The molecule has 0 spiro atoms. The molecule has 0 saturated heterocycles. The van der Waals surface area contributed by atoms with Crippen molar-refractivity contribution in [3.05, 3.63) is 12.2 Å². The number of aromatic nitrogens is 2. The first-order valence-corrected chi connectivity index (χ1v) is 3.71. The van der Waals surface area contributed by atoms with Crippen LogP contribution in [0.4, 0.5) is 0 Å². The highest BCUT2D eigenvalue weighted by Gasteiger charge is 2.08. The predicted molar refractivity (Wildman–Crippen MR) is 43.2 cm³/mol. The minimum Gasteiger partial charge on any atom is -0.368 e. The van der Waals surface area contributed by atoms with Crippen molar-refractivity contribution >= 4 is 5.91 Å². The van der Waals surface area contributed by atoms with E-state index in [1.165, 1.54) is 6.39 Å². The Labute approximate surface area is 74.5 Å².